The van der Waals surface area contributed by atoms with Crippen molar-refractivity contribution in [2.75, 3.05) is 11.9 Å². The number of carbonyl (C=O) groups excluding carboxylic acids is 3. The summed E-state index contributed by atoms with van der Waals surface area (Å²) in [6.45, 7) is 4.14. The number of imide groups is 1. The number of nitrogens with zero attached hydrogens (tertiary/aromatic N) is 1. The van der Waals surface area contributed by atoms with Crippen LogP contribution >= 0.6 is 0 Å². The first-order chi connectivity index (χ1) is 11.5. The van der Waals surface area contributed by atoms with Gasteiger partial charge in [0.1, 0.15) is 0 Å². The van der Waals surface area contributed by atoms with Gasteiger partial charge in [-0.15, -0.1) is 0 Å². The average Bonchev–Trinajstić information content (AvgIpc) is 2.76. The van der Waals surface area contributed by atoms with Crippen LogP contribution in [0.15, 0.2) is 18.2 Å². The van der Waals surface area contributed by atoms with Crippen LogP contribution in [-0.4, -0.2) is 29.2 Å². The van der Waals surface area contributed by atoms with E-state index in [1.807, 2.05) is 32.0 Å². The van der Waals surface area contributed by atoms with Crippen LogP contribution in [-0.2, 0) is 14.4 Å². The number of carbonyl (C=O) groups is 3. The Labute approximate surface area is 142 Å². The molecule has 1 heterocycles. The van der Waals surface area contributed by atoms with E-state index in [9.17, 15) is 14.4 Å². The van der Waals surface area contributed by atoms with E-state index in [-0.39, 0.29) is 42.5 Å². The summed E-state index contributed by atoms with van der Waals surface area (Å²) in [6.07, 6.45) is 3.79. The summed E-state index contributed by atoms with van der Waals surface area (Å²) >= 11 is 0. The van der Waals surface area contributed by atoms with Crippen LogP contribution in [0.1, 0.15) is 43.2 Å². The zero-order chi connectivity index (χ0) is 17.3. The molecule has 5 nitrogen and oxygen atoms in total. The summed E-state index contributed by atoms with van der Waals surface area (Å²) in [5.74, 6) is -0.620. The predicted octanol–water partition coefficient (Wildman–Crippen LogP) is 2.81. The van der Waals surface area contributed by atoms with E-state index in [4.69, 9.17) is 0 Å². The minimum atomic E-state index is -0.171. The van der Waals surface area contributed by atoms with E-state index in [1.54, 1.807) is 0 Å². The standard InChI is InChI=1S/C19H24N2O3/c1-12-9-13(2)11-14(10-12)20-17(22)7-8-21-18(23)15-5-3-4-6-16(15)19(21)24/h9-11,15-16H,3-8H2,1-2H3,(H,20,22). The van der Waals surface area contributed by atoms with Crippen molar-refractivity contribution in [1.82, 2.24) is 4.90 Å². The fourth-order valence-corrected chi connectivity index (χ4v) is 3.94. The number of aryl methyl sites for hydroxylation is 2. The van der Waals surface area contributed by atoms with Crippen LogP contribution < -0.4 is 5.32 Å². The number of likely N-dealkylation sites (tertiary alicyclic amines) is 1. The van der Waals surface area contributed by atoms with Crippen molar-refractivity contribution in [3.05, 3.63) is 29.3 Å². The maximum absolute atomic E-state index is 12.4. The van der Waals surface area contributed by atoms with E-state index in [2.05, 4.69) is 5.32 Å². The van der Waals surface area contributed by atoms with Crippen LogP contribution in [0.2, 0.25) is 0 Å². The minimum Gasteiger partial charge on any atom is -0.326 e. The number of nitrogens with one attached hydrogen (secondary N) is 1. The van der Waals surface area contributed by atoms with Crippen molar-refractivity contribution >= 4 is 23.4 Å². The van der Waals surface area contributed by atoms with Gasteiger partial charge < -0.3 is 5.32 Å². The zero-order valence-electron chi connectivity index (χ0n) is 14.3. The molecule has 3 rings (SSSR count). The van der Waals surface area contributed by atoms with Crippen LogP contribution in [0.4, 0.5) is 5.69 Å². The number of anilines is 1. The zero-order valence-corrected chi connectivity index (χ0v) is 14.3. The number of amides is 3. The molecule has 2 aliphatic rings. The summed E-state index contributed by atoms with van der Waals surface area (Å²) in [6, 6.07) is 5.86. The molecule has 128 valence electrons. The van der Waals surface area contributed by atoms with Crippen molar-refractivity contribution in [3.63, 3.8) is 0 Å². The van der Waals surface area contributed by atoms with Gasteiger partial charge in [-0.3, -0.25) is 19.3 Å². The maximum atomic E-state index is 12.4. The molecular weight excluding hydrogens is 304 g/mol. The SMILES string of the molecule is Cc1cc(C)cc(NC(=O)CCN2C(=O)C3CCCCC3C2=O)c1. The van der Waals surface area contributed by atoms with Crippen LogP contribution in [0, 0.1) is 25.7 Å². The van der Waals surface area contributed by atoms with Gasteiger partial charge in [0.25, 0.3) is 0 Å². The number of hydrogen-bond donors (Lipinski definition) is 1. The molecule has 2 atom stereocenters. The normalized spacial score (nSPS) is 23.3. The second kappa shape index (κ2) is 6.75. The molecule has 0 aromatic heterocycles. The van der Waals surface area contributed by atoms with Gasteiger partial charge in [0.15, 0.2) is 0 Å². The van der Waals surface area contributed by atoms with Gasteiger partial charge in [0.05, 0.1) is 11.8 Å². The Kier molecular flexibility index (Phi) is 4.69. The van der Waals surface area contributed by atoms with E-state index in [0.29, 0.717) is 0 Å². The molecule has 1 saturated heterocycles. The lowest BCUT2D eigenvalue weighted by Gasteiger charge is -2.19. The van der Waals surface area contributed by atoms with E-state index >= 15 is 0 Å². The number of fused-ring (bicyclic) bond motifs is 1. The quantitative estimate of drug-likeness (QED) is 0.864. The van der Waals surface area contributed by atoms with Crippen molar-refractivity contribution in [1.29, 1.82) is 0 Å². The third-order valence-corrected chi connectivity index (χ3v) is 5.00. The summed E-state index contributed by atoms with van der Waals surface area (Å²) < 4.78 is 0. The smallest absolute Gasteiger partial charge is 0.233 e. The predicted molar refractivity (Wildman–Crippen MR) is 91.3 cm³/mol. The fourth-order valence-electron chi connectivity index (χ4n) is 3.94. The molecule has 0 bridgehead atoms. The molecule has 1 aromatic carbocycles. The summed E-state index contributed by atoms with van der Waals surface area (Å²) in [7, 11) is 0. The number of hydrogen-bond acceptors (Lipinski definition) is 3. The largest absolute Gasteiger partial charge is 0.326 e. The summed E-state index contributed by atoms with van der Waals surface area (Å²) in [4.78, 5) is 38.2. The molecule has 24 heavy (non-hydrogen) atoms. The first kappa shape index (κ1) is 16.7. The van der Waals surface area contributed by atoms with E-state index < -0.39 is 0 Å². The molecule has 1 aromatic rings. The summed E-state index contributed by atoms with van der Waals surface area (Å²) in [5.41, 5.74) is 2.92. The Balaban J connectivity index is 1.58. The Morgan fingerprint density at radius 2 is 1.58 bits per heavy atom. The lowest BCUT2D eigenvalue weighted by molar-refractivity contribution is -0.140. The van der Waals surface area contributed by atoms with Gasteiger partial charge in [0, 0.05) is 18.7 Å². The van der Waals surface area contributed by atoms with Crippen molar-refractivity contribution < 1.29 is 14.4 Å². The lowest BCUT2D eigenvalue weighted by Crippen LogP contribution is -2.34. The molecule has 1 saturated carbocycles. The molecule has 0 spiro atoms. The molecule has 2 fully saturated rings. The average molecular weight is 328 g/mol. The Morgan fingerprint density at radius 1 is 1.04 bits per heavy atom. The van der Waals surface area contributed by atoms with E-state index in [1.165, 1.54) is 4.90 Å². The first-order valence-corrected chi connectivity index (χ1v) is 8.69. The Hall–Kier alpha value is -2.17. The van der Waals surface area contributed by atoms with Gasteiger partial charge in [-0.1, -0.05) is 18.9 Å². The second-order valence-electron chi connectivity index (χ2n) is 7.00. The molecular formula is C19H24N2O3. The number of rotatable bonds is 4. The van der Waals surface area contributed by atoms with Crippen LogP contribution in [0.25, 0.3) is 0 Å². The maximum Gasteiger partial charge on any atom is 0.233 e. The monoisotopic (exact) mass is 328 g/mol. The van der Waals surface area contributed by atoms with Gasteiger partial charge >= 0.3 is 0 Å². The highest BCUT2D eigenvalue weighted by Gasteiger charge is 2.47. The van der Waals surface area contributed by atoms with Gasteiger partial charge in [-0.05, 0) is 49.9 Å². The highest BCUT2D eigenvalue weighted by atomic mass is 16.2. The van der Waals surface area contributed by atoms with Gasteiger partial charge in [0.2, 0.25) is 17.7 Å². The second-order valence-corrected chi connectivity index (χ2v) is 7.00. The van der Waals surface area contributed by atoms with Crippen LogP contribution in [0.3, 0.4) is 0 Å². The van der Waals surface area contributed by atoms with E-state index in [0.717, 1.165) is 42.5 Å². The Bertz CT molecular complexity index is 639. The molecule has 1 aliphatic heterocycles. The lowest BCUT2D eigenvalue weighted by atomic mass is 9.81. The number of benzene rings is 1. The van der Waals surface area contributed by atoms with Gasteiger partial charge in [-0.2, -0.15) is 0 Å². The minimum absolute atomic E-state index is 0.0797. The first-order valence-electron chi connectivity index (χ1n) is 8.69. The molecule has 5 heteroatoms. The molecule has 0 radical (unpaired) electrons. The highest BCUT2D eigenvalue weighted by Crippen LogP contribution is 2.37. The molecule has 1 N–H and O–H groups in total. The molecule has 2 unspecified atom stereocenters. The summed E-state index contributed by atoms with van der Waals surface area (Å²) in [5, 5.41) is 2.85. The topological polar surface area (TPSA) is 66.5 Å². The van der Waals surface area contributed by atoms with Crippen molar-refractivity contribution in [2.45, 2.75) is 46.0 Å². The Morgan fingerprint density at radius 3 is 2.12 bits per heavy atom. The van der Waals surface area contributed by atoms with Gasteiger partial charge in [-0.25, -0.2) is 0 Å². The fraction of sp³-hybridized carbons (Fsp3) is 0.526. The molecule has 3 amide bonds. The molecule has 1 aliphatic carbocycles. The third kappa shape index (κ3) is 3.35. The third-order valence-electron chi connectivity index (χ3n) is 5.00. The van der Waals surface area contributed by atoms with Crippen LogP contribution in [0.5, 0.6) is 0 Å². The van der Waals surface area contributed by atoms with Crippen molar-refractivity contribution in [3.8, 4) is 0 Å². The van der Waals surface area contributed by atoms with Crippen molar-refractivity contribution in [2.24, 2.45) is 11.8 Å². The highest BCUT2D eigenvalue weighted by molar-refractivity contribution is 6.05.